The van der Waals surface area contributed by atoms with Crippen LogP contribution in [0.25, 0.3) is 5.76 Å². The number of carbonyl (C=O) groups excluding carboxylic acids is 2. The molecule has 0 spiro atoms. The van der Waals surface area contributed by atoms with Gasteiger partial charge in [0, 0.05) is 18.7 Å². The number of amides is 1. The van der Waals surface area contributed by atoms with Crippen molar-refractivity contribution in [3.8, 4) is 17.2 Å². The number of aryl methyl sites for hydroxylation is 1. The molecule has 0 bridgehead atoms. The average molecular weight is 537 g/mol. The van der Waals surface area contributed by atoms with Crippen LogP contribution in [0.15, 0.2) is 54.6 Å². The Kier molecular flexibility index (Phi) is 10.6. The minimum atomic E-state index is -0.787. The van der Waals surface area contributed by atoms with Crippen LogP contribution in [0.1, 0.15) is 48.9 Å². The highest BCUT2D eigenvalue weighted by molar-refractivity contribution is 6.46. The number of aliphatic hydroxyl groups is 1. The Morgan fingerprint density at radius 2 is 1.82 bits per heavy atom. The zero-order valence-electron chi connectivity index (χ0n) is 23.7. The monoisotopic (exact) mass is 536 g/mol. The van der Waals surface area contributed by atoms with Crippen LogP contribution in [0.4, 0.5) is 0 Å². The van der Waals surface area contributed by atoms with E-state index in [1.54, 1.807) is 43.5 Å². The molecule has 1 saturated heterocycles. The van der Waals surface area contributed by atoms with Crippen LogP contribution >= 0.6 is 0 Å². The first kappa shape index (κ1) is 29.8. The van der Waals surface area contributed by atoms with Gasteiger partial charge in [0.05, 0.1) is 25.3 Å². The second kappa shape index (κ2) is 13.8. The first-order valence-electron chi connectivity index (χ1n) is 13.3. The van der Waals surface area contributed by atoms with Crippen LogP contribution in [-0.2, 0) is 9.59 Å². The lowest BCUT2D eigenvalue weighted by Crippen LogP contribution is -2.35. The van der Waals surface area contributed by atoms with Gasteiger partial charge in [0.2, 0.25) is 0 Å². The molecular formula is C31H40N2O6. The highest BCUT2D eigenvalue weighted by atomic mass is 16.5. The Hall–Kier alpha value is -3.78. The Balaban J connectivity index is 2.08. The normalized spacial score (nSPS) is 16.6. The summed E-state index contributed by atoms with van der Waals surface area (Å²) in [7, 11) is 5.36. The number of rotatable bonds is 14. The number of Topliss-reactive ketones (excluding diaryl/α,β-unsaturated/α-hetero) is 1. The van der Waals surface area contributed by atoms with Crippen molar-refractivity contribution in [1.29, 1.82) is 0 Å². The summed E-state index contributed by atoms with van der Waals surface area (Å²) in [6, 6.07) is 9.76. The molecular weight excluding hydrogens is 496 g/mol. The molecule has 1 atom stereocenters. The Morgan fingerprint density at radius 1 is 1.08 bits per heavy atom. The third-order valence-electron chi connectivity index (χ3n) is 6.64. The van der Waals surface area contributed by atoms with Crippen molar-refractivity contribution in [3.63, 3.8) is 0 Å². The highest BCUT2D eigenvalue weighted by Gasteiger charge is 2.46. The molecule has 39 heavy (non-hydrogen) atoms. The SMILES string of the molecule is C=CCOc1ccc(/C(O)=C2\C(=O)C(=O)N(CCN(C)C)C2c2ccc(OCCCCC)c(OC)c2)cc1C. The lowest BCUT2D eigenvalue weighted by atomic mass is 9.94. The van der Waals surface area contributed by atoms with Crippen molar-refractivity contribution in [1.82, 2.24) is 9.80 Å². The molecule has 0 radical (unpaired) electrons. The molecule has 0 aliphatic carbocycles. The molecule has 1 amide bonds. The predicted octanol–water partition coefficient (Wildman–Crippen LogP) is 5.12. The molecule has 1 fully saturated rings. The van der Waals surface area contributed by atoms with Gasteiger partial charge in [-0.1, -0.05) is 38.5 Å². The maximum absolute atomic E-state index is 13.4. The van der Waals surface area contributed by atoms with Crippen LogP contribution in [-0.4, -0.2) is 74.1 Å². The van der Waals surface area contributed by atoms with Gasteiger partial charge < -0.3 is 29.1 Å². The molecule has 2 aromatic rings. The number of unbranched alkanes of at least 4 members (excludes halogenated alkanes) is 2. The van der Waals surface area contributed by atoms with Gasteiger partial charge in [-0.15, -0.1) is 0 Å². The second-order valence-corrected chi connectivity index (χ2v) is 9.84. The molecule has 0 aromatic heterocycles. The molecule has 210 valence electrons. The topological polar surface area (TPSA) is 88.5 Å². The molecule has 1 aliphatic rings. The molecule has 3 rings (SSSR count). The standard InChI is InChI=1S/C31H40N2O6/c1-7-9-10-18-39-25-14-11-22(20-26(25)37-6)28-27(30(35)31(36)33(28)16-15-32(4)5)29(34)23-12-13-24(21(3)19-23)38-17-8-2/h8,11-14,19-20,28,34H,2,7,9-10,15-18H2,1,3-6H3/b29-27+. The van der Waals surface area contributed by atoms with Crippen LogP contribution in [0, 0.1) is 6.92 Å². The number of likely N-dealkylation sites (tertiary alicyclic amines) is 1. The third kappa shape index (κ3) is 7.00. The lowest BCUT2D eigenvalue weighted by Gasteiger charge is -2.27. The molecule has 1 heterocycles. The first-order chi connectivity index (χ1) is 18.7. The fourth-order valence-corrected chi connectivity index (χ4v) is 4.54. The molecule has 8 nitrogen and oxygen atoms in total. The molecule has 8 heteroatoms. The number of methoxy groups -OCH3 is 1. The maximum Gasteiger partial charge on any atom is 0.295 e. The number of likely N-dealkylation sites (N-methyl/N-ethyl adjacent to an activating group) is 1. The summed E-state index contributed by atoms with van der Waals surface area (Å²) >= 11 is 0. The first-order valence-corrected chi connectivity index (χ1v) is 13.3. The van der Waals surface area contributed by atoms with E-state index < -0.39 is 17.7 Å². The van der Waals surface area contributed by atoms with Crippen LogP contribution in [0.3, 0.4) is 0 Å². The van der Waals surface area contributed by atoms with E-state index in [9.17, 15) is 14.7 Å². The fourth-order valence-electron chi connectivity index (χ4n) is 4.54. The zero-order valence-corrected chi connectivity index (χ0v) is 23.7. The summed E-state index contributed by atoms with van der Waals surface area (Å²) < 4.78 is 17.2. The zero-order chi connectivity index (χ0) is 28.5. The van der Waals surface area contributed by atoms with Crippen molar-refractivity contribution in [2.24, 2.45) is 0 Å². The summed E-state index contributed by atoms with van der Waals surface area (Å²) in [6.07, 6.45) is 4.75. The van der Waals surface area contributed by atoms with Gasteiger partial charge in [-0.25, -0.2) is 0 Å². The highest BCUT2D eigenvalue weighted by Crippen LogP contribution is 2.42. The van der Waals surface area contributed by atoms with E-state index >= 15 is 0 Å². The fraction of sp³-hybridized carbons (Fsp3) is 0.419. The van der Waals surface area contributed by atoms with Crippen molar-refractivity contribution in [2.75, 3.05) is 47.5 Å². The lowest BCUT2D eigenvalue weighted by molar-refractivity contribution is -0.140. The van der Waals surface area contributed by atoms with E-state index in [0.717, 1.165) is 24.8 Å². The van der Waals surface area contributed by atoms with Crippen LogP contribution < -0.4 is 14.2 Å². The number of carbonyl (C=O) groups is 2. The summed E-state index contributed by atoms with van der Waals surface area (Å²) in [5, 5.41) is 11.4. The van der Waals surface area contributed by atoms with Crippen molar-refractivity contribution in [3.05, 3.63) is 71.3 Å². The summed E-state index contributed by atoms with van der Waals surface area (Å²) in [6.45, 7) is 9.42. The van der Waals surface area contributed by atoms with E-state index in [2.05, 4.69) is 13.5 Å². The van der Waals surface area contributed by atoms with E-state index in [4.69, 9.17) is 14.2 Å². The summed E-state index contributed by atoms with van der Waals surface area (Å²) in [5.74, 6) is 0.136. The quantitative estimate of drug-likeness (QED) is 0.118. The van der Waals surface area contributed by atoms with Crippen molar-refractivity contribution >= 4 is 17.4 Å². The van der Waals surface area contributed by atoms with Crippen LogP contribution in [0.2, 0.25) is 0 Å². The summed E-state index contributed by atoms with van der Waals surface area (Å²) in [5.41, 5.74) is 1.90. The number of nitrogens with zero attached hydrogens (tertiary/aromatic N) is 2. The van der Waals surface area contributed by atoms with Crippen LogP contribution in [0.5, 0.6) is 17.2 Å². The minimum Gasteiger partial charge on any atom is -0.507 e. The largest absolute Gasteiger partial charge is 0.507 e. The van der Waals surface area contributed by atoms with E-state index in [-0.39, 0.29) is 11.3 Å². The number of ether oxygens (including phenoxy) is 3. The maximum atomic E-state index is 13.4. The van der Waals surface area contributed by atoms with E-state index in [1.165, 1.54) is 4.90 Å². The minimum absolute atomic E-state index is 0.0385. The third-order valence-corrected chi connectivity index (χ3v) is 6.64. The Labute approximate surface area is 231 Å². The van der Waals surface area contributed by atoms with Gasteiger partial charge in [0.25, 0.3) is 11.7 Å². The number of benzene rings is 2. The molecule has 0 saturated carbocycles. The second-order valence-electron chi connectivity index (χ2n) is 9.84. The van der Waals surface area contributed by atoms with Gasteiger partial charge in [-0.05, 0) is 68.9 Å². The molecule has 2 aromatic carbocycles. The predicted molar refractivity (Wildman–Crippen MR) is 152 cm³/mol. The van der Waals surface area contributed by atoms with Crippen molar-refractivity contribution in [2.45, 2.75) is 39.2 Å². The van der Waals surface area contributed by atoms with Crippen molar-refractivity contribution < 1.29 is 28.9 Å². The number of aliphatic hydroxyl groups excluding tert-OH is 1. The van der Waals surface area contributed by atoms with E-state index in [1.807, 2.05) is 32.0 Å². The average Bonchev–Trinajstić information content (AvgIpc) is 3.18. The molecule has 1 N–H and O–H groups in total. The van der Waals surface area contributed by atoms with E-state index in [0.29, 0.717) is 54.7 Å². The molecule has 1 aliphatic heterocycles. The molecule has 1 unspecified atom stereocenters. The Bertz CT molecular complexity index is 1220. The number of ketones is 1. The van der Waals surface area contributed by atoms with Gasteiger partial charge >= 0.3 is 0 Å². The number of hydrogen-bond donors (Lipinski definition) is 1. The van der Waals surface area contributed by atoms with Gasteiger partial charge in [0.1, 0.15) is 18.1 Å². The summed E-state index contributed by atoms with van der Waals surface area (Å²) in [4.78, 5) is 30.1. The number of hydrogen-bond acceptors (Lipinski definition) is 7. The van der Waals surface area contributed by atoms with Gasteiger partial charge in [-0.3, -0.25) is 9.59 Å². The van der Waals surface area contributed by atoms with Gasteiger partial charge in [0.15, 0.2) is 11.5 Å². The van der Waals surface area contributed by atoms with Gasteiger partial charge in [-0.2, -0.15) is 0 Å². The smallest absolute Gasteiger partial charge is 0.295 e. The Morgan fingerprint density at radius 3 is 2.46 bits per heavy atom.